The van der Waals surface area contributed by atoms with Crippen molar-refractivity contribution in [3.8, 4) is 0 Å². The minimum atomic E-state index is -0.834. The van der Waals surface area contributed by atoms with Gasteiger partial charge in [0, 0.05) is 13.1 Å². The van der Waals surface area contributed by atoms with Crippen LogP contribution in [0.15, 0.2) is 0 Å². The lowest BCUT2D eigenvalue weighted by molar-refractivity contribution is -0.145. The van der Waals surface area contributed by atoms with Gasteiger partial charge in [-0.3, -0.25) is 9.69 Å². The first kappa shape index (κ1) is 12.4. The van der Waals surface area contributed by atoms with Crippen LogP contribution < -0.4 is 0 Å². The van der Waals surface area contributed by atoms with E-state index < -0.39 is 18.1 Å². The van der Waals surface area contributed by atoms with E-state index in [2.05, 4.69) is 0 Å². The Morgan fingerprint density at radius 1 is 1.53 bits per heavy atom. The predicted octanol–water partition coefficient (Wildman–Crippen LogP) is -0.211. The second kappa shape index (κ2) is 5.44. The number of rotatable bonds is 3. The van der Waals surface area contributed by atoms with Gasteiger partial charge in [0.15, 0.2) is 0 Å². The molecule has 1 saturated heterocycles. The van der Waals surface area contributed by atoms with Crippen LogP contribution in [0.2, 0.25) is 0 Å². The summed E-state index contributed by atoms with van der Waals surface area (Å²) < 4.78 is 5.16. The highest BCUT2D eigenvalue weighted by atomic mass is 16.5. The summed E-state index contributed by atoms with van der Waals surface area (Å²) in [6.45, 7) is 5.45. The predicted molar refractivity (Wildman–Crippen MR) is 54.7 cm³/mol. The van der Waals surface area contributed by atoms with Gasteiger partial charge in [-0.2, -0.15) is 0 Å². The van der Waals surface area contributed by atoms with Crippen molar-refractivity contribution in [3.05, 3.63) is 0 Å². The second-order valence-corrected chi connectivity index (χ2v) is 4.25. The van der Waals surface area contributed by atoms with E-state index in [4.69, 9.17) is 9.84 Å². The van der Waals surface area contributed by atoms with E-state index in [1.807, 2.05) is 13.8 Å². The molecular weight excluding hydrogens is 198 g/mol. The van der Waals surface area contributed by atoms with E-state index in [0.717, 1.165) is 0 Å². The molecule has 0 aliphatic carbocycles. The van der Waals surface area contributed by atoms with Crippen LogP contribution in [0.3, 0.4) is 0 Å². The van der Waals surface area contributed by atoms with Gasteiger partial charge >= 0.3 is 5.97 Å². The normalized spacial score (nSPS) is 26.3. The average molecular weight is 217 g/mol. The van der Waals surface area contributed by atoms with Crippen molar-refractivity contribution in [3.63, 3.8) is 0 Å². The van der Waals surface area contributed by atoms with Crippen LogP contribution in [-0.4, -0.2) is 59.5 Å². The molecule has 0 saturated carbocycles. The van der Waals surface area contributed by atoms with Gasteiger partial charge < -0.3 is 14.9 Å². The number of hydrogen-bond acceptors (Lipinski definition) is 4. The highest BCUT2D eigenvalue weighted by Crippen LogP contribution is 2.13. The first-order chi connectivity index (χ1) is 7.02. The molecule has 0 aromatic heterocycles. The number of β-amino-alcohol motifs (C(OH)–C–C–N with tert-alkyl or cyclic N) is 1. The topological polar surface area (TPSA) is 70.0 Å². The number of aliphatic hydroxyl groups excluding tert-OH is 1. The van der Waals surface area contributed by atoms with Crippen LogP contribution in [-0.2, 0) is 9.53 Å². The number of ether oxygens (including phenoxy) is 1. The molecule has 1 fully saturated rings. The van der Waals surface area contributed by atoms with Crippen LogP contribution in [0.4, 0.5) is 0 Å². The summed E-state index contributed by atoms with van der Waals surface area (Å²) in [6.07, 6.45) is -0.590. The molecule has 0 spiro atoms. The van der Waals surface area contributed by atoms with Gasteiger partial charge in [0.25, 0.3) is 0 Å². The molecule has 2 atom stereocenters. The second-order valence-electron chi connectivity index (χ2n) is 4.25. The van der Waals surface area contributed by atoms with Crippen LogP contribution in [0.25, 0.3) is 0 Å². The largest absolute Gasteiger partial charge is 0.480 e. The number of nitrogens with zero attached hydrogens (tertiary/aromatic N) is 1. The molecule has 5 nitrogen and oxygen atoms in total. The maximum Gasteiger partial charge on any atom is 0.321 e. The Hall–Kier alpha value is -0.650. The Balaban J connectivity index is 2.68. The van der Waals surface area contributed by atoms with E-state index in [1.165, 1.54) is 0 Å². The summed E-state index contributed by atoms with van der Waals surface area (Å²) in [5.41, 5.74) is 0. The van der Waals surface area contributed by atoms with Gasteiger partial charge in [-0.25, -0.2) is 0 Å². The molecule has 88 valence electrons. The molecule has 2 N–H and O–H groups in total. The molecule has 0 radical (unpaired) electrons. The molecule has 1 rings (SSSR count). The molecular formula is C10H19NO4. The van der Waals surface area contributed by atoms with Crippen LogP contribution in [0.5, 0.6) is 0 Å². The first-order valence-electron chi connectivity index (χ1n) is 5.25. The molecule has 5 heteroatoms. The maximum absolute atomic E-state index is 11.1. The molecule has 1 aliphatic heterocycles. The first-order valence-corrected chi connectivity index (χ1v) is 5.25. The molecule has 0 aromatic rings. The van der Waals surface area contributed by atoms with Gasteiger partial charge in [-0.1, -0.05) is 13.8 Å². The Bertz CT molecular complexity index is 219. The summed E-state index contributed by atoms with van der Waals surface area (Å²) >= 11 is 0. The van der Waals surface area contributed by atoms with Crippen molar-refractivity contribution in [2.24, 2.45) is 5.92 Å². The summed E-state index contributed by atoms with van der Waals surface area (Å²) in [4.78, 5) is 12.9. The minimum Gasteiger partial charge on any atom is -0.480 e. The van der Waals surface area contributed by atoms with Gasteiger partial charge in [0.2, 0.25) is 0 Å². The van der Waals surface area contributed by atoms with E-state index in [1.54, 1.807) is 4.90 Å². The highest BCUT2D eigenvalue weighted by molar-refractivity contribution is 5.73. The molecule has 15 heavy (non-hydrogen) atoms. The third-order valence-electron chi connectivity index (χ3n) is 2.56. The van der Waals surface area contributed by atoms with E-state index in [9.17, 15) is 9.90 Å². The number of aliphatic carboxylic acids is 1. The third-order valence-corrected chi connectivity index (χ3v) is 2.56. The number of carbonyl (C=O) groups is 1. The van der Waals surface area contributed by atoms with E-state index in [0.29, 0.717) is 26.3 Å². The molecule has 1 heterocycles. The zero-order valence-electron chi connectivity index (χ0n) is 9.22. The van der Waals surface area contributed by atoms with Crippen molar-refractivity contribution >= 4 is 5.97 Å². The molecule has 0 bridgehead atoms. The fraction of sp³-hybridized carbons (Fsp3) is 0.900. The lowest BCUT2D eigenvalue weighted by Gasteiger charge is -2.30. The van der Waals surface area contributed by atoms with Gasteiger partial charge in [0.05, 0.1) is 19.3 Å². The smallest absolute Gasteiger partial charge is 0.321 e. The number of carboxylic acid groups (broad SMARTS) is 1. The van der Waals surface area contributed by atoms with Crippen molar-refractivity contribution in [1.29, 1.82) is 0 Å². The third kappa shape index (κ3) is 3.44. The zero-order chi connectivity index (χ0) is 11.4. The number of hydrogen-bond donors (Lipinski definition) is 2. The van der Waals surface area contributed by atoms with Crippen molar-refractivity contribution in [2.45, 2.75) is 26.0 Å². The fourth-order valence-corrected chi connectivity index (χ4v) is 1.93. The number of carboxylic acids is 1. The lowest BCUT2D eigenvalue weighted by Crippen LogP contribution is -2.48. The SMILES string of the molecule is CC(C)C(C(=O)O)N1CCOCC(O)C1. The number of aliphatic hydroxyl groups is 1. The average Bonchev–Trinajstić information content (AvgIpc) is 2.28. The quantitative estimate of drug-likeness (QED) is 0.684. The zero-order valence-corrected chi connectivity index (χ0v) is 9.22. The molecule has 2 unspecified atom stereocenters. The summed E-state index contributed by atoms with van der Waals surface area (Å²) in [5.74, 6) is -0.813. The van der Waals surface area contributed by atoms with Crippen molar-refractivity contribution in [1.82, 2.24) is 4.90 Å². The monoisotopic (exact) mass is 217 g/mol. The molecule has 0 aromatic carbocycles. The molecule has 1 aliphatic rings. The Morgan fingerprint density at radius 3 is 2.73 bits per heavy atom. The molecule has 0 amide bonds. The maximum atomic E-state index is 11.1. The summed E-state index contributed by atoms with van der Waals surface area (Å²) in [5, 5.41) is 18.6. The standard InChI is InChI=1S/C10H19NO4/c1-7(2)9(10(13)14)11-3-4-15-6-8(12)5-11/h7-9,12H,3-6H2,1-2H3,(H,13,14). The van der Waals surface area contributed by atoms with E-state index >= 15 is 0 Å². The van der Waals surface area contributed by atoms with Crippen LogP contribution >= 0.6 is 0 Å². The minimum absolute atomic E-state index is 0.0211. The summed E-state index contributed by atoms with van der Waals surface area (Å²) in [6, 6.07) is -0.540. The Morgan fingerprint density at radius 2 is 2.20 bits per heavy atom. The van der Waals surface area contributed by atoms with Gasteiger partial charge in [-0.05, 0) is 5.92 Å². The van der Waals surface area contributed by atoms with Crippen molar-refractivity contribution < 1.29 is 19.7 Å². The lowest BCUT2D eigenvalue weighted by atomic mass is 10.0. The fourth-order valence-electron chi connectivity index (χ4n) is 1.93. The highest BCUT2D eigenvalue weighted by Gasteiger charge is 2.31. The van der Waals surface area contributed by atoms with Crippen LogP contribution in [0, 0.1) is 5.92 Å². The summed E-state index contributed by atoms with van der Waals surface area (Å²) in [7, 11) is 0. The van der Waals surface area contributed by atoms with Gasteiger partial charge in [-0.15, -0.1) is 0 Å². The van der Waals surface area contributed by atoms with Gasteiger partial charge in [0.1, 0.15) is 6.04 Å². The Kier molecular flexibility index (Phi) is 4.50. The van der Waals surface area contributed by atoms with Crippen molar-refractivity contribution in [2.75, 3.05) is 26.3 Å². The Labute approximate surface area is 89.6 Å². The van der Waals surface area contributed by atoms with E-state index in [-0.39, 0.29) is 5.92 Å². The van der Waals surface area contributed by atoms with Crippen LogP contribution in [0.1, 0.15) is 13.8 Å².